The summed E-state index contributed by atoms with van der Waals surface area (Å²) < 4.78 is 11.3. The summed E-state index contributed by atoms with van der Waals surface area (Å²) in [5.74, 6) is 0.974. The summed E-state index contributed by atoms with van der Waals surface area (Å²) in [7, 11) is 0. The van der Waals surface area contributed by atoms with E-state index in [9.17, 15) is 4.79 Å². The number of nitrogens with zero attached hydrogens (tertiary/aromatic N) is 2. The van der Waals surface area contributed by atoms with E-state index in [4.69, 9.17) is 21.1 Å². The van der Waals surface area contributed by atoms with Crippen LogP contribution in [0.3, 0.4) is 0 Å². The number of benzene rings is 2. The largest absolute Gasteiger partial charge is 0.494 e. The molecular formula is C18H17ClN2O3. The maximum atomic E-state index is 11.9. The molecule has 0 saturated carbocycles. The van der Waals surface area contributed by atoms with E-state index in [0.29, 0.717) is 17.5 Å². The van der Waals surface area contributed by atoms with E-state index in [0.717, 1.165) is 16.9 Å². The number of rotatable bonds is 4. The highest BCUT2D eigenvalue weighted by Crippen LogP contribution is 2.31. The van der Waals surface area contributed by atoms with Crippen LogP contribution in [0.2, 0.25) is 5.02 Å². The van der Waals surface area contributed by atoms with Crippen molar-refractivity contribution in [2.45, 2.75) is 20.1 Å². The maximum Gasteiger partial charge on any atom is 0.243 e. The van der Waals surface area contributed by atoms with Crippen LogP contribution in [0.15, 0.2) is 53.6 Å². The Morgan fingerprint density at radius 2 is 1.88 bits per heavy atom. The molecule has 1 amide bonds. The molecule has 0 fully saturated rings. The minimum Gasteiger partial charge on any atom is -0.494 e. The predicted molar refractivity (Wildman–Crippen MR) is 91.9 cm³/mol. The molecule has 0 aromatic heterocycles. The van der Waals surface area contributed by atoms with Crippen LogP contribution < -0.4 is 4.74 Å². The summed E-state index contributed by atoms with van der Waals surface area (Å²) in [6, 6.07) is 14.6. The Kier molecular flexibility index (Phi) is 4.71. The van der Waals surface area contributed by atoms with Crippen molar-refractivity contribution in [2.75, 3.05) is 6.61 Å². The number of hydrogen-bond acceptors (Lipinski definition) is 4. The summed E-state index contributed by atoms with van der Waals surface area (Å²) in [6.07, 6.45) is -0.596. The third-order valence-electron chi connectivity index (χ3n) is 3.53. The molecule has 6 heteroatoms. The van der Waals surface area contributed by atoms with Gasteiger partial charge in [0.05, 0.1) is 6.61 Å². The Morgan fingerprint density at radius 1 is 1.21 bits per heavy atom. The van der Waals surface area contributed by atoms with Crippen LogP contribution in [0.1, 0.15) is 31.2 Å². The summed E-state index contributed by atoms with van der Waals surface area (Å²) in [5, 5.41) is 6.27. The van der Waals surface area contributed by atoms with Gasteiger partial charge < -0.3 is 9.47 Å². The Labute approximate surface area is 145 Å². The number of carbonyl (C=O) groups is 1. The Morgan fingerprint density at radius 3 is 2.46 bits per heavy atom. The van der Waals surface area contributed by atoms with Crippen LogP contribution in [-0.2, 0) is 9.53 Å². The van der Waals surface area contributed by atoms with Gasteiger partial charge in [-0.25, -0.2) is 0 Å². The van der Waals surface area contributed by atoms with Gasteiger partial charge in [-0.3, -0.25) is 4.79 Å². The summed E-state index contributed by atoms with van der Waals surface area (Å²) in [6.45, 7) is 3.99. The molecule has 1 aliphatic heterocycles. The molecule has 1 aliphatic rings. The number of hydrazone groups is 1. The third kappa shape index (κ3) is 3.36. The molecule has 1 atom stereocenters. The van der Waals surface area contributed by atoms with E-state index in [1.54, 1.807) is 12.1 Å². The van der Waals surface area contributed by atoms with Crippen LogP contribution in [0.5, 0.6) is 5.75 Å². The van der Waals surface area contributed by atoms with Gasteiger partial charge in [0.2, 0.25) is 18.0 Å². The van der Waals surface area contributed by atoms with Crippen molar-refractivity contribution >= 4 is 23.4 Å². The summed E-state index contributed by atoms with van der Waals surface area (Å²) >= 11 is 5.92. The van der Waals surface area contributed by atoms with Gasteiger partial charge >= 0.3 is 0 Å². The lowest BCUT2D eigenvalue weighted by atomic mass is 10.2. The Balaban J connectivity index is 1.86. The smallest absolute Gasteiger partial charge is 0.243 e. The fraction of sp³-hybridized carbons (Fsp3) is 0.222. The molecule has 2 aromatic rings. The SMILES string of the molecule is CCOc1ccc(C2=NN(C(C)=O)C(c3ccc(Cl)cc3)O2)cc1. The van der Waals surface area contributed by atoms with Gasteiger partial charge in [-0.1, -0.05) is 23.7 Å². The zero-order chi connectivity index (χ0) is 17.1. The lowest BCUT2D eigenvalue weighted by Crippen LogP contribution is -2.25. The molecule has 5 nitrogen and oxygen atoms in total. The van der Waals surface area contributed by atoms with Crippen LogP contribution in [0.25, 0.3) is 0 Å². The Hall–Kier alpha value is -2.53. The highest BCUT2D eigenvalue weighted by Gasteiger charge is 2.32. The van der Waals surface area contributed by atoms with Crippen molar-refractivity contribution in [3.63, 3.8) is 0 Å². The van der Waals surface area contributed by atoms with Crippen LogP contribution in [0.4, 0.5) is 0 Å². The van der Waals surface area contributed by atoms with Crippen molar-refractivity contribution in [2.24, 2.45) is 5.10 Å². The van der Waals surface area contributed by atoms with Crippen molar-refractivity contribution in [3.05, 3.63) is 64.7 Å². The van der Waals surface area contributed by atoms with Crippen molar-refractivity contribution in [1.29, 1.82) is 0 Å². The van der Waals surface area contributed by atoms with Gasteiger partial charge in [0.25, 0.3) is 0 Å². The zero-order valence-corrected chi connectivity index (χ0v) is 14.2. The van der Waals surface area contributed by atoms with Crippen LogP contribution in [0, 0.1) is 0 Å². The second-order valence-corrected chi connectivity index (χ2v) is 5.68. The molecule has 0 N–H and O–H groups in total. The van der Waals surface area contributed by atoms with Crippen molar-refractivity contribution in [1.82, 2.24) is 5.01 Å². The number of hydrogen-bond donors (Lipinski definition) is 0. The van der Waals surface area contributed by atoms with Gasteiger partial charge in [-0.05, 0) is 43.3 Å². The third-order valence-corrected chi connectivity index (χ3v) is 3.79. The molecule has 1 heterocycles. The summed E-state index contributed by atoms with van der Waals surface area (Å²) in [4.78, 5) is 11.9. The second kappa shape index (κ2) is 6.93. The number of amides is 1. The van der Waals surface area contributed by atoms with E-state index >= 15 is 0 Å². The normalized spacial score (nSPS) is 16.5. The molecule has 0 radical (unpaired) electrons. The van der Waals surface area contributed by atoms with E-state index < -0.39 is 6.23 Å². The van der Waals surface area contributed by atoms with Crippen LogP contribution >= 0.6 is 11.6 Å². The standard InChI is InChI=1S/C18H17ClN2O3/c1-3-23-16-10-6-13(7-11-16)17-20-21(12(2)22)18(24-17)14-4-8-15(19)9-5-14/h4-11,18H,3H2,1-2H3. The highest BCUT2D eigenvalue weighted by atomic mass is 35.5. The van der Waals surface area contributed by atoms with Crippen LogP contribution in [-0.4, -0.2) is 23.4 Å². The molecular weight excluding hydrogens is 328 g/mol. The fourth-order valence-electron chi connectivity index (χ4n) is 2.39. The molecule has 0 spiro atoms. The minimum absolute atomic E-state index is 0.198. The molecule has 0 saturated heterocycles. The average Bonchev–Trinajstić information content (AvgIpc) is 3.02. The summed E-state index contributed by atoms with van der Waals surface area (Å²) in [5.41, 5.74) is 1.58. The Bertz CT molecular complexity index is 757. The minimum atomic E-state index is -0.596. The number of ether oxygens (including phenoxy) is 2. The quantitative estimate of drug-likeness (QED) is 0.843. The highest BCUT2D eigenvalue weighted by molar-refractivity contribution is 6.30. The zero-order valence-electron chi connectivity index (χ0n) is 13.4. The average molecular weight is 345 g/mol. The first-order chi connectivity index (χ1) is 11.6. The van der Waals surface area contributed by atoms with E-state index in [1.807, 2.05) is 43.3 Å². The first-order valence-electron chi connectivity index (χ1n) is 7.62. The van der Waals surface area contributed by atoms with Crippen molar-refractivity contribution < 1.29 is 14.3 Å². The molecule has 1 unspecified atom stereocenters. The predicted octanol–water partition coefficient (Wildman–Crippen LogP) is 3.98. The molecule has 3 rings (SSSR count). The molecule has 24 heavy (non-hydrogen) atoms. The van der Waals surface area contributed by atoms with E-state index in [-0.39, 0.29) is 5.91 Å². The van der Waals surface area contributed by atoms with E-state index in [2.05, 4.69) is 5.10 Å². The molecule has 2 aromatic carbocycles. The van der Waals surface area contributed by atoms with Gasteiger partial charge in [0.15, 0.2) is 0 Å². The van der Waals surface area contributed by atoms with Gasteiger partial charge in [-0.15, -0.1) is 5.10 Å². The first-order valence-corrected chi connectivity index (χ1v) is 8.00. The lowest BCUT2D eigenvalue weighted by Gasteiger charge is -2.19. The van der Waals surface area contributed by atoms with Gasteiger partial charge in [0, 0.05) is 23.1 Å². The maximum absolute atomic E-state index is 11.9. The molecule has 124 valence electrons. The van der Waals surface area contributed by atoms with Gasteiger partial charge in [-0.2, -0.15) is 5.01 Å². The number of carbonyl (C=O) groups excluding carboxylic acids is 1. The first kappa shape index (κ1) is 16.3. The molecule has 0 aliphatic carbocycles. The van der Waals surface area contributed by atoms with Crippen molar-refractivity contribution in [3.8, 4) is 5.75 Å². The van der Waals surface area contributed by atoms with E-state index in [1.165, 1.54) is 11.9 Å². The lowest BCUT2D eigenvalue weighted by molar-refractivity contribution is -0.135. The fourth-order valence-corrected chi connectivity index (χ4v) is 2.51. The topological polar surface area (TPSA) is 51.1 Å². The number of halogens is 1. The monoisotopic (exact) mass is 344 g/mol. The van der Waals surface area contributed by atoms with Gasteiger partial charge in [0.1, 0.15) is 5.75 Å². The molecule has 0 bridgehead atoms. The second-order valence-electron chi connectivity index (χ2n) is 5.25.